The van der Waals surface area contributed by atoms with Crippen LogP contribution in [0, 0.1) is 0 Å². The van der Waals surface area contributed by atoms with E-state index in [4.69, 9.17) is 23.6 Å². The summed E-state index contributed by atoms with van der Waals surface area (Å²) in [6.07, 6.45) is 3.86. The van der Waals surface area contributed by atoms with Gasteiger partial charge in [0, 0.05) is 23.6 Å². The van der Waals surface area contributed by atoms with Crippen molar-refractivity contribution in [2.75, 3.05) is 22.5 Å². The fraction of sp³-hybridized carbons (Fsp3) is 0.111. The van der Waals surface area contributed by atoms with Crippen molar-refractivity contribution in [3.05, 3.63) is 72.3 Å². The molecule has 0 saturated heterocycles. The van der Waals surface area contributed by atoms with Crippen molar-refractivity contribution in [3.8, 4) is 0 Å². The molecule has 5 heteroatoms. The highest BCUT2D eigenvalue weighted by Gasteiger charge is 2.03. The van der Waals surface area contributed by atoms with Gasteiger partial charge in [0.25, 0.3) is 0 Å². The van der Waals surface area contributed by atoms with Gasteiger partial charge in [0.1, 0.15) is 6.67 Å². The van der Waals surface area contributed by atoms with E-state index in [1.165, 1.54) is 4.42 Å². The molecule has 2 rings (SSSR count). The molecule has 0 aliphatic rings. The topological polar surface area (TPSA) is 15.3 Å². The molecule has 1 N–H and O–H groups in total. The molecule has 120 valence electrons. The second-order valence-corrected chi connectivity index (χ2v) is 5.46. The summed E-state index contributed by atoms with van der Waals surface area (Å²) in [6.45, 7) is 3.72. The molecule has 0 aromatic heterocycles. The van der Waals surface area contributed by atoms with Gasteiger partial charge < -0.3 is 0 Å². The molecular formula is C18H17Cl2FN2. The number of nitrogens with one attached hydrogen (secondary N) is 1. The van der Waals surface area contributed by atoms with Crippen molar-refractivity contribution in [2.24, 2.45) is 0 Å². The molecule has 23 heavy (non-hydrogen) atoms. The zero-order valence-corrected chi connectivity index (χ0v) is 14.0. The van der Waals surface area contributed by atoms with E-state index in [0.29, 0.717) is 0 Å². The lowest BCUT2D eigenvalue weighted by atomic mass is 10.0. The number of allylic oxidation sites excluding steroid dienone is 2. The summed E-state index contributed by atoms with van der Waals surface area (Å²) < 4.78 is 13.6. The molecule has 0 amide bonds. The van der Waals surface area contributed by atoms with Crippen LogP contribution in [0.25, 0.3) is 11.6 Å². The van der Waals surface area contributed by atoms with E-state index < -0.39 is 6.67 Å². The molecule has 0 aliphatic carbocycles. The first-order valence-corrected chi connectivity index (χ1v) is 7.79. The summed E-state index contributed by atoms with van der Waals surface area (Å²) >= 11 is 11.6. The Bertz CT molecular complexity index is 684. The zero-order chi connectivity index (χ0) is 16.7. The van der Waals surface area contributed by atoms with Crippen LogP contribution in [-0.2, 0) is 0 Å². The van der Waals surface area contributed by atoms with Crippen molar-refractivity contribution in [2.45, 2.75) is 0 Å². The molecule has 2 aromatic carbocycles. The Morgan fingerprint density at radius 1 is 1.17 bits per heavy atom. The number of hydrogen-bond donors (Lipinski definition) is 1. The van der Waals surface area contributed by atoms with E-state index in [1.807, 2.05) is 60.7 Å². The quantitative estimate of drug-likeness (QED) is 0.493. The third-order valence-corrected chi connectivity index (χ3v) is 3.89. The number of halogens is 3. The minimum atomic E-state index is -0.491. The Labute approximate surface area is 146 Å². The van der Waals surface area contributed by atoms with E-state index in [1.54, 1.807) is 0 Å². The number of hydrogen-bond acceptors (Lipinski definition) is 2. The maximum absolute atomic E-state index is 12.3. The van der Waals surface area contributed by atoms with Crippen molar-refractivity contribution >= 4 is 46.6 Å². The van der Waals surface area contributed by atoms with Crippen LogP contribution in [-0.4, -0.2) is 13.2 Å². The van der Waals surface area contributed by atoms with Crippen molar-refractivity contribution in [1.29, 1.82) is 0 Å². The van der Waals surface area contributed by atoms with Gasteiger partial charge in [0.05, 0.1) is 17.9 Å². The van der Waals surface area contributed by atoms with Crippen LogP contribution >= 0.6 is 23.6 Å². The number of anilines is 2. The largest absolute Gasteiger partial charge is 0.298 e. The molecule has 2 nitrogen and oxygen atoms in total. The van der Waals surface area contributed by atoms with Gasteiger partial charge in [-0.05, 0) is 34.9 Å². The van der Waals surface area contributed by atoms with Gasteiger partial charge in [-0.15, -0.1) is 0 Å². The normalized spacial score (nSPS) is 10.7. The van der Waals surface area contributed by atoms with Gasteiger partial charge in [-0.1, -0.05) is 49.1 Å². The van der Waals surface area contributed by atoms with Crippen molar-refractivity contribution in [1.82, 2.24) is 0 Å². The van der Waals surface area contributed by atoms with Crippen LogP contribution in [0.2, 0.25) is 0 Å². The maximum atomic E-state index is 12.3. The summed E-state index contributed by atoms with van der Waals surface area (Å²) in [6, 6.07) is 15.2. The van der Waals surface area contributed by atoms with Crippen LogP contribution in [0.4, 0.5) is 15.8 Å². The SMILES string of the molecule is C=C(/C=C\c1ccccc1NCl)c1ccc(N(Cl)CCF)cc1. The summed E-state index contributed by atoms with van der Waals surface area (Å²) in [4.78, 5) is 2.63. The first kappa shape index (κ1) is 17.4. The van der Waals surface area contributed by atoms with Gasteiger partial charge in [-0.25, -0.2) is 4.39 Å². The Hall–Kier alpha value is -1.97. The fourth-order valence-electron chi connectivity index (χ4n) is 2.06. The smallest absolute Gasteiger partial charge is 0.108 e. The fourth-order valence-corrected chi connectivity index (χ4v) is 2.40. The lowest BCUT2D eigenvalue weighted by molar-refractivity contribution is 0.505. The third kappa shape index (κ3) is 4.75. The van der Waals surface area contributed by atoms with Crippen molar-refractivity contribution in [3.63, 3.8) is 0 Å². The van der Waals surface area contributed by atoms with Gasteiger partial charge >= 0.3 is 0 Å². The first-order chi connectivity index (χ1) is 11.2. The second kappa shape index (κ2) is 8.61. The van der Waals surface area contributed by atoms with Crippen molar-refractivity contribution < 1.29 is 4.39 Å². The predicted octanol–water partition coefficient (Wildman–Crippen LogP) is 5.91. The summed E-state index contributed by atoms with van der Waals surface area (Å²) in [5.74, 6) is 0. The lowest BCUT2D eigenvalue weighted by Crippen LogP contribution is -2.13. The predicted molar refractivity (Wildman–Crippen MR) is 99.6 cm³/mol. The molecule has 0 heterocycles. The summed E-state index contributed by atoms with van der Waals surface area (Å²) in [7, 11) is 0. The highest BCUT2D eigenvalue weighted by Crippen LogP contribution is 2.23. The maximum Gasteiger partial charge on any atom is 0.108 e. The standard InChI is InChI=1S/C18H17Cl2FN2/c1-14(6-7-16-4-2-3-5-18(16)22-19)15-8-10-17(11-9-15)23(20)13-12-21/h2-11,22H,1,12-13H2/b7-6-. The lowest BCUT2D eigenvalue weighted by Gasteiger charge is -2.14. The van der Waals surface area contributed by atoms with Gasteiger partial charge in [-0.3, -0.25) is 9.25 Å². The monoisotopic (exact) mass is 350 g/mol. The summed E-state index contributed by atoms with van der Waals surface area (Å²) in [5.41, 5.74) is 4.37. The number of benzene rings is 2. The molecular weight excluding hydrogens is 334 g/mol. The molecule has 0 aliphatic heterocycles. The second-order valence-electron chi connectivity index (χ2n) is 4.86. The molecule has 0 saturated carbocycles. The van der Waals surface area contributed by atoms with E-state index in [9.17, 15) is 4.39 Å². The zero-order valence-electron chi connectivity index (χ0n) is 12.5. The van der Waals surface area contributed by atoms with E-state index >= 15 is 0 Å². The first-order valence-electron chi connectivity index (χ1n) is 7.08. The van der Waals surface area contributed by atoms with E-state index in [0.717, 1.165) is 28.1 Å². The number of rotatable bonds is 7. The van der Waals surface area contributed by atoms with Crippen LogP contribution in [0.1, 0.15) is 11.1 Å². The molecule has 0 spiro atoms. The van der Waals surface area contributed by atoms with E-state index in [-0.39, 0.29) is 6.54 Å². The van der Waals surface area contributed by atoms with Crippen LogP contribution < -0.4 is 9.25 Å². The minimum absolute atomic E-state index is 0.157. The van der Waals surface area contributed by atoms with E-state index in [2.05, 4.69) is 11.4 Å². The van der Waals surface area contributed by atoms with Crippen LogP contribution in [0.5, 0.6) is 0 Å². The highest BCUT2D eigenvalue weighted by atomic mass is 35.5. The van der Waals surface area contributed by atoms with Crippen LogP contribution in [0.15, 0.2) is 61.2 Å². The van der Waals surface area contributed by atoms with Gasteiger partial charge in [0.15, 0.2) is 0 Å². The average molecular weight is 351 g/mol. The number of alkyl halides is 1. The molecule has 0 bridgehead atoms. The average Bonchev–Trinajstić information content (AvgIpc) is 2.60. The highest BCUT2D eigenvalue weighted by molar-refractivity contribution is 6.25. The molecule has 0 atom stereocenters. The van der Waals surface area contributed by atoms with Gasteiger partial charge in [-0.2, -0.15) is 0 Å². The number of para-hydroxylation sites is 1. The van der Waals surface area contributed by atoms with Crippen LogP contribution in [0.3, 0.4) is 0 Å². The Morgan fingerprint density at radius 2 is 1.87 bits per heavy atom. The van der Waals surface area contributed by atoms with Gasteiger partial charge in [0.2, 0.25) is 0 Å². The summed E-state index contributed by atoms with van der Waals surface area (Å²) in [5, 5.41) is 0. The molecule has 0 radical (unpaired) electrons. The Balaban J connectivity index is 2.10. The minimum Gasteiger partial charge on any atom is -0.298 e. The molecule has 0 unspecified atom stereocenters. The Kier molecular flexibility index (Phi) is 6.51. The molecule has 0 fully saturated rings. The Morgan fingerprint density at radius 3 is 2.52 bits per heavy atom. The number of nitrogens with zero attached hydrogens (tertiary/aromatic N) is 1. The third-order valence-electron chi connectivity index (χ3n) is 3.33. The molecule has 2 aromatic rings.